The van der Waals surface area contributed by atoms with Gasteiger partial charge in [-0.3, -0.25) is 9.59 Å². The van der Waals surface area contributed by atoms with Gasteiger partial charge in [-0.15, -0.1) is 0 Å². The highest BCUT2D eigenvalue weighted by Crippen LogP contribution is 2.33. The van der Waals surface area contributed by atoms with Crippen molar-refractivity contribution in [1.29, 1.82) is 0 Å². The first-order chi connectivity index (χ1) is 13.2. The number of rotatable bonds is 8. The van der Waals surface area contributed by atoms with Gasteiger partial charge in [0.15, 0.2) is 0 Å². The van der Waals surface area contributed by atoms with Crippen LogP contribution in [0.25, 0.3) is 0 Å². The molecule has 0 unspecified atom stereocenters. The molecule has 2 rings (SSSR count). The van der Waals surface area contributed by atoms with Crippen molar-refractivity contribution in [2.75, 3.05) is 0 Å². The molecule has 1 fully saturated rings. The van der Waals surface area contributed by atoms with Crippen LogP contribution in [-0.2, 0) is 9.59 Å². The molecule has 0 heterocycles. The summed E-state index contributed by atoms with van der Waals surface area (Å²) in [5, 5.41) is 34.1. The van der Waals surface area contributed by atoms with Crippen LogP contribution < -0.4 is 0 Å². The molecule has 0 saturated heterocycles. The van der Waals surface area contributed by atoms with Crippen molar-refractivity contribution in [1.82, 2.24) is 0 Å². The van der Waals surface area contributed by atoms with Gasteiger partial charge >= 0.3 is 23.9 Å². The molecule has 28 heavy (non-hydrogen) atoms. The van der Waals surface area contributed by atoms with E-state index in [1.54, 1.807) is 0 Å². The third-order valence-corrected chi connectivity index (χ3v) is 4.88. The average molecular weight is 394 g/mol. The van der Waals surface area contributed by atoms with Crippen LogP contribution in [0, 0.1) is 11.8 Å². The predicted molar refractivity (Wildman–Crippen MR) is 99.5 cm³/mol. The number of benzene rings is 1. The summed E-state index contributed by atoms with van der Waals surface area (Å²) < 4.78 is 0. The molecular formula is C20H26O8. The first kappa shape index (κ1) is 23.1. The largest absolute Gasteiger partial charge is 0.481 e. The lowest BCUT2D eigenvalue weighted by atomic mass is 9.78. The molecule has 1 aliphatic carbocycles. The minimum atomic E-state index is -1.06. The Morgan fingerprint density at radius 3 is 1.14 bits per heavy atom. The van der Waals surface area contributed by atoms with Crippen molar-refractivity contribution in [3.05, 3.63) is 35.4 Å². The van der Waals surface area contributed by atoms with Crippen LogP contribution in [0.2, 0.25) is 0 Å². The van der Waals surface area contributed by atoms with Gasteiger partial charge in [0, 0.05) is 12.8 Å². The highest BCUT2D eigenvalue weighted by molar-refractivity contribution is 5.91. The lowest BCUT2D eigenvalue weighted by Gasteiger charge is -2.27. The van der Waals surface area contributed by atoms with E-state index in [4.69, 9.17) is 20.4 Å². The molecule has 1 aromatic rings. The molecule has 0 amide bonds. The molecule has 0 bridgehead atoms. The Labute approximate surface area is 162 Å². The second-order valence-electron chi connectivity index (χ2n) is 6.94. The van der Waals surface area contributed by atoms with E-state index in [-0.39, 0.29) is 24.0 Å². The van der Waals surface area contributed by atoms with Crippen molar-refractivity contribution >= 4 is 23.9 Å². The molecule has 154 valence electrons. The lowest BCUT2D eigenvalue weighted by Crippen LogP contribution is -2.16. The monoisotopic (exact) mass is 394 g/mol. The van der Waals surface area contributed by atoms with Gasteiger partial charge in [0.25, 0.3) is 0 Å². The molecular weight excluding hydrogens is 368 g/mol. The maximum atomic E-state index is 10.4. The minimum Gasteiger partial charge on any atom is -0.481 e. The molecule has 0 atom stereocenters. The van der Waals surface area contributed by atoms with Crippen LogP contribution in [0.15, 0.2) is 24.3 Å². The standard InChI is InChI=1S/C12H20O4.C8H6O4/c13-11(14)7-5-9-1-2-10(4-3-9)6-8-12(15)16;9-7(10)5-1-2-6(4-3-5)8(11)12/h9-10H,1-8H2,(H,13,14)(H,15,16);1-4H,(H,9,10)(H,11,12). The van der Waals surface area contributed by atoms with Crippen LogP contribution in [0.3, 0.4) is 0 Å². The first-order valence-electron chi connectivity index (χ1n) is 9.19. The zero-order valence-electron chi connectivity index (χ0n) is 15.5. The Hall–Kier alpha value is -2.90. The van der Waals surface area contributed by atoms with Crippen molar-refractivity contribution in [2.24, 2.45) is 11.8 Å². The van der Waals surface area contributed by atoms with Crippen molar-refractivity contribution < 1.29 is 39.6 Å². The molecule has 8 heteroatoms. The van der Waals surface area contributed by atoms with Gasteiger partial charge in [0.2, 0.25) is 0 Å². The first-order valence-corrected chi connectivity index (χ1v) is 9.19. The van der Waals surface area contributed by atoms with E-state index < -0.39 is 23.9 Å². The third kappa shape index (κ3) is 9.16. The molecule has 4 N–H and O–H groups in total. The van der Waals surface area contributed by atoms with Gasteiger partial charge in [-0.2, -0.15) is 0 Å². The average Bonchev–Trinajstić information content (AvgIpc) is 2.66. The van der Waals surface area contributed by atoms with Gasteiger partial charge < -0.3 is 20.4 Å². The number of aromatic carboxylic acids is 2. The highest BCUT2D eigenvalue weighted by Gasteiger charge is 2.21. The number of aliphatic carboxylic acids is 2. The van der Waals surface area contributed by atoms with E-state index in [2.05, 4.69) is 0 Å². The Morgan fingerprint density at radius 2 is 0.929 bits per heavy atom. The van der Waals surface area contributed by atoms with Crippen LogP contribution in [0.1, 0.15) is 72.1 Å². The van der Waals surface area contributed by atoms with Gasteiger partial charge in [0.1, 0.15) is 0 Å². The van der Waals surface area contributed by atoms with Crippen LogP contribution >= 0.6 is 0 Å². The number of carboxylic acid groups (broad SMARTS) is 4. The number of carboxylic acids is 4. The maximum Gasteiger partial charge on any atom is 0.335 e. The second kappa shape index (κ2) is 11.7. The summed E-state index contributed by atoms with van der Waals surface area (Å²) in [6.07, 6.45) is 6.36. The van der Waals surface area contributed by atoms with Crippen LogP contribution in [0.5, 0.6) is 0 Å². The molecule has 1 saturated carbocycles. The van der Waals surface area contributed by atoms with Crippen molar-refractivity contribution in [3.8, 4) is 0 Å². The molecule has 1 aromatic carbocycles. The van der Waals surface area contributed by atoms with Crippen LogP contribution in [0.4, 0.5) is 0 Å². The van der Waals surface area contributed by atoms with E-state index in [1.165, 1.54) is 24.3 Å². The lowest BCUT2D eigenvalue weighted by molar-refractivity contribution is -0.138. The predicted octanol–water partition coefficient (Wildman–Crippen LogP) is 3.61. The summed E-state index contributed by atoms with van der Waals surface area (Å²) in [4.78, 5) is 41.5. The van der Waals surface area contributed by atoms with E-state index in [0.29, 0.717) is 11.8 Å². The van der Waals surface area contributed by atoms with Crippen molar-refractivity contribution in [2.45, 2.75) is 51.4 Å². The summed E-state index contributed by atoms with van der Waals surface area (Å²) in [6.45, 7) is 0. The van der Waals surface area contributed by atoms with Gasteiger partial charge in [-0.1, -0.05) is 25.7 Å². The second-order valence-corrected chi connectivity index (χ2v) is 6.94. The number of carbonyl (C=O) groups is 4. The van der Waals surface area contributed by atoms with Gasteiger partial charge in [-0.25, -0.2) is 9.59 Å². The smallest absolute Gasteiger partial charge is 0.335 e. The number of hydrogen-bond donors (Lipinski definition) is 4. The SMILES string of the molecule is O=C(O)CCC1CCC(CCC(=O)O)CC1.O=C(O)c1ccc(C(=O)O)cc1. The Morgan fingerprint density at radius 1 is 0.643 bits per heavy atom. The third-order valence-electron chi connectivity index (χ3n) is 4.88. The molecule has 1 aliphatic rings. The van der Waals surface area contributed by atoms with E-state index >= 15 is 0 Å². The Kier molecular flexibility index (Phi) is 9.70. The molecule has 0 aromatic heterocycles. The molecule has 0 spiro atoms. The van der Waals surface area contributed by atoms with Crippen molar-refractivity contribution in [3.63, 3.8) is 0 Å². The van der Waals surface area contributed by atoms with E-state index in [1.807, 2.05) is 0 Å². The summed E-state index contributed by atoms with van der Waals surface area (Å²) in [5.74, 6) is -2.48. The summed E-state index contributed by atoms with van der Waals surface area (Å²) in [7, 11) is 0. The fourth-order valence-corrected chi connectivity index (χ4v) is 3.22. The molecule has 0 aliphatic heterocycles. The zero-order valence-corrected chi connectivity index (χ0v) is 15.5. The molecule has 0 radical (unpaired) electrons. The van der Waals surface area contributed by atoms with Gasteiger partial charge in [-0.05, 0) is 48.9 Å². The normalized spacial score (nSPS) is 18.4. The van der Waals surface area contributed by atoms with E-state index in [0.717, 1.165) is 38.5 Å². The fourth-order valence-electron chi connectivity index (χ4n) is 3.22. The highest BCUT2D eigenvalue weighted by atomic mass is 16.4. The maximum absolute atomic E-state index is 10.4. The van der Waals surface area contributed by atoms with Gasteiger partial charge in [0.05, 0.1) is 11.1 Å². The zero-order chi connectivity index (χ0) is 21.1. The number of hydrogen-bond acceptors (Lipinski definition) is 4. The Balaban J connectivity index is 0.000000292. The summed E-state index contributed by atoms with van der Waals surface area (Å²) in [6, 6.07) is 5.02. The summed E-state index contributed by atoms with van der Waals surface area (Å²) >= 11 is 0. The fraction of sp³-hybridized carbons (Fsp3) is 0.500. The minimum absolute atomic E-state index is 0.0833. The Bertz CT molecular complexity index is 613. The quantitative estimate of drug-likeness (QED) is 0.522. The topological polar surface area (TPSA) is 149 Å². The molecule has 8 nitrogen and oxygen atoms in total. The van der Waals surface area contributed by atoms with E-state index in [9.17, 15) is 19.2 Å². The summed E-state index contributed by atoms with van der Waals surface area (Å²) in [5.41, 5.74) is 0.167. The van der Waals surface area contributed by atoms with Crippen LogP contribution in [-0.4, -0.2) is 44.3 Å².